The quantitative estimate of drug-likeness (QED) is 0.643. The van der Waals surface area contributed by atoms with Crippen LogP contribution in [0.3, 0.4) is 0 Å². The number of hydrogen-bond acceptors (Lipinski definition) is 2. The van der Waals surface area contributed by atoms with E-state index in [1.165, 1.54) is 31.3 Å². The minimum Gasteiger partial charge on any atom is -0.299 e. The van der Waals surface area contributed by atoms with Gasteiger partial charge in [-0.25, -0.2) is 0 Å². The van der Waals surface area contributed by atoms with Crippen molar-refractivity contribution >= 4 is 11.6 Å². The minimum absolute atomic E-state index is 0.154. The van der Waals surface area contributed by atoms with E-state index in [0.717, 1.165) is 25.2 Å². The molecule has 0 aromatic carbocycles. The molecule has 0 aromatic heterocycles. The van der Waals surface area contributed by atoms with Crippen LogP contribution < -0.4 is 0 Å². The van der Waals surface area contributed by atoms with Gasteiger partial charge in [0.25, 0.3) is 0 Å². The Hall–Kier alpha value is -0.920. The second kappa shape index (κ2) is 5.30. The molecule has 25 heavy (non-hydrogen) atoms. The highest BCUT2D eigenvalue weighted by atomic mass is 16.1. The summed E-state index contributed by atoms with van der Waals surface area (Å²) >= 11 is 0. The standard InChI is InChI=1S/C23H34O2/c1-14-12-20-18-7-6-16-13-17(25)8-10-21(16,3)19(18)9-11-22(20,4)23(14,5)15(2)24/h13-14,18-20H,6-12H2,1-5H3/t14-,18+,19-,20-,21-,22-,23-/m0/s1. The first-order chi connectivity index (χ1) is 11.6. The molecule has 0 heterocycles. The third-order valence-electron chi connectivity index (χ3n) is 9.86. The monoisotopic (exact) mass is 342 g/mol. The van der Waals surface area contributed by atoms with Crippen molar-refractivity contribution in [3.63, 3.8) is 0 Å². The number of fused-ring (bicyclic) bond motifs is 5. The Balaban J connectivity index is 1.72. The van der Waals surface area contributed by atoms with Crippen molar-refractivity contribution in [1.82, 2.24) is 0 Å². The van der Waals surface area contributed by atoms with E-state index in [9.17, 15) is 9.59 Å². The largest absolute Gasteiger partial charge is 0.299 e. The number of carbonyl (C=O) groups excluding carboxylic acids is 2. The summed E-state index contributed by atoms with van der Waals surface area (Å²) in [5.74, 6) is 3.33. The summed E-state index contributed by atoms with van der Waals surface area (Å²) < 4.78 is 0. The maximum atomic E-state index is 12.7. The van der Waals surface area contributed by atoms with Gasteiger partial charge in [0.15, 0.2) is 5.78 Å². The van der Waals surface area contributed by atoms with E-state index in [1.54, 1.807) is 0 Å². The molecular formula is C23H34O2. The highest BCUT2D eigenvalue weighted by Crippen LogP contribution is 2.71. The molecule has 7 atom stereocenters. The van der Waals surface area contributed by atoms with Gasteiger partial charge >= 0.3 is 0 Å². The highest BCUT2D eigenvalue weighted by Gasteiger charge is 2.66. The molecule has 0 amide bonds. The number of Topliss-reactive ketones (excluding diaryl/α,β-unsaturated/α-hetero) is 1. The smallest absolute Gasteiger partial charge is 0.155 e. The van der Waals surface area contributed by atoms with Gasteiger partial charge in [0, 0.05) is 11.8 Å². The van der Waals surface area contributed by atoms with Crippen molar-refractivity contribution in [2.75, 3.05) is 0 Å². The number of ketones is 2. The van der Waals surface area contributed by atoms with Crippen LogP contribution in [-0.4, -0.2) is 11.6 Å². The first kappa shape index (κ1) is 17.5. The zero-order valence-electron chi connectivity index (χ0n) is 16.7. The third-order valence-corrected chi connectivity index (χ3v) is 9.86. The van der Waals surface area contributed by atoms with Crippen LogP contribution in [-0.2, 0) is 9.59 Å². The minimum atomic E-state index is -0.164. The lowest BCUT2D eigenvalue weighted by molar-refractivity contribution is -0.141. The Bertz CT molecular complexity index is 661. The van der Waals surface area contributed by atoms with Crippen LogP contribution in [0.4, 0.5) is 0 Å². The first-order valence-electron chi connectivity index (χ1n) is 10.4. The van der Waals surface area contributed by atoms with Crippen LogP contribution in [0.5, 0.6) is 0 Å². The summed E-state index contributed by atoms with van der Waals surface area (Å²) in [6, 6.07) is 0. The number of rotatable bonds is 1. The molecule has 4 rings (SSSR count). The number of hydrogen-bond donors (Lipinski definition) is 0. The summed E-state index contributed by atoms with van der Waals surface area (Å²) in [7, 11) is 0. The van der Waals surface area contributed by atoms with Gasteiger partial charge in [0.05, 0.1) is 0 Å². The van der Waals surface area contributed by atoms with E-state index in [2.05, 4.69) is 27.7 Å². The van der Waals surface area contributed by atoms with Crippen molar-refractivity contribution in [3.8, 4) is 0 Å². The Morgan fingerprint density at radius 1 is 1.08 bits per heavy atom. The molecule has 0 unspecified atom stereocenters. The SMILES string of the molecule is CC(=O)[C@]1(C)[C@@H](C)C[C@H]2[C@@H]3CCC4=CC(=O)CC[C@]4(C)[C@H]3CC[C@@]21C. The van der Waals surface area contributed by atoms with Gasteiger partial charge < -0.3 is 0 Å². The molecule has 2 nitrogen and oxygen atoms in total. The summed E-state index contributed by atoms with van der Waals surface area (Å²) in [5, 5.41) is 0. The van der Waals surface area contributed by atoms with Gasteiger partial charge in [-0.2, -0.15) is 0 Å². The second-order valence-corrected chi connectivity index (χ2v) is 10.3. The summed E-state index contributed by atoms with van der Waals surface area (Å²) in [6.07, 6.45) is 9.70. The van der Waals surface area contributed by atoms with Gasteiger partial charge in [-0.05, 0) is 86.0 Å². The molecular weight excluding hydrogens is 308 g/mol. The molecule has 0 radical (unpaired) electrons. The van der Waals surface area contributed by atoms with E-state index in [1.807, 2.05) is 13.0 Å². The molecule has 0 bridgehead atoms. The molecule has 0 N–H and O–H groups in total. The van der Waals surface area contributed by atoms with E-state index >= 15 is 0 Å². The molecule has 0 aliphatic heterocycles. The van der Waals surface area contributed by atoms with Crippen molar-refractivity contribution < 1.29 is 9.59 Å². The topological polar surface area (TPSA) is 34.1 Å². The third kappa shape index (κ3) is 2.03. The van der Waals surface area contributed by atoms with Gasteiger partial charge in [-0.3, -0.25) is 9.59 Å². The first-order valence-corrected chi connectivity index (χ1v) is 10.4. The fourth-order valence-electron chi connectivity index (χ4n) is 7.89. The summed E-state index contributed by atoms with van der Waals surface area (Å²) in [4.78, 5) is 24.6. The molecule has 0 saturated heterocycles. The summed E-state index contributed by atoms with van der Waals surface area (Å²) in [6.45, 7) is 11.3. The molecule has 0 spiro atoms. The predicted molar refractivity (Wildman–Crippen MR) is 100 cm³/mol. The van der Waals surface area contributed by atoms with Gasteiger partial charge in [0.1, 0.15) is 5.78 Å². The van der Waals surface area contributed by atoms with Crippen molar-refractivity contribution in [2.24, 2.45) is 39.9 Å². The van der Waals surface area contributed by atoms with E-state index in [0.29, 0.717) is 29.3 Å². The highest BCUT2D eigenvalue weighted by molar-refractivity contribution is 5.91. The average Bonchev–Trinajstić information content (AvgIpc) is 2.77. The Kier molecular flexibility index (Phi) is 3.71. The molecule has 4 aliphatic rings. The molecule has 138 valence electrons. The normalized spacial score (nSPS) is 52.0. The van der Waals surface area contributed by atoms with Crippen molar-refractivity contribution in [1.29, 1.82) is 0 Å². The number of allylic oxidation sites excluding steroid dienone is 1. The van der Waals surface area contributed by atoms with Crippen LogP contribution in [0, 0.1) is 39.9 Å². The van der Waals surface area contributed by atoms with Crippen LogP contribution >= 0.6 is 0 Å². The van der Waals surface area contributed by atoms with Gasteiger partial charge in [0.2, 0.25) is 0 Å². The molecule has 0 aromatic rings. The fourth-order valence-corrected chi connectivity index (χ4v) is 7.89. The molecule has 3 saturated carbocycles. The van der Waals surface area contributed by atoms with E-state index in [-0.39, 0.29) is 16.2 Å². The molecule has 4 aliphatic carbocycles. The van der Waals surface area contributed by atoms with Gasteiger partial charge in [-0.1, -0.05) is 33.3 Å². The maximum absolute atomic E-state index is 12.7. The Morgan fingerprint density at radius 2 is 1.80 bits per heavy atom. The zero-order valence-corrected chi connectivity index (χ0v) is 16.7. The molecule has 3 fully saturated rings. The Labute approximate surface area is 152 Å². The zero-order chi connectivity index (χ0) is 18.2. The van der Waals surface area contributed by atoms with Crippen LogP contribution in [0.1, 0.15) is 79.6 Å². The van der Waals surface area contributed by atoms with Crippen LogP contribution in [0.2, 0.25) is 0 Å². The average molecular weight is 343 g/mol. The fraction of sp³-hybridized carbons (Fsp3) is 0.826. The van der Waals surface area contributed by atoms with Crippen molar-refractivity contribution in [2.45, 2.75) is 79.6 Å². The number of carbonyl (C=O) groups is 2. The van der Waals surface area contributed by atoms with Crippen LogP contribution in [0.15, 0.2) is 11.6 Å². The molecule has 2 heteroatoms. The lowest BCUT2D eigenvalue weighted by atomic mass is 9.45. The van der Waals surface area contributed by atoms with Crippen molar-refractivity contribution in [3.05, 3.63) is 11.6 Å². The van der Waals surface area contributed by atoms with E-state index < -0.39 is 0 Å². The lowest BCUT2D eigenvalue weighted by Gasteiger charge is -2.59. The van der Waals surface area contributed by atoms with Crippen LogP contribution in [0.25, 0.3) is 0 Å². The maximum Gasteiger partial charge on any atom is 0.155 e. The van der Waals surface area contributed by atoms with Gasteiger partial charge in [-0.15, -0.1) is 0 Å². The predicted octanol–water partition coefficient (Wildman–Crippen LogP) is 5.36. The lowest BCUT2D eigenvalue weighted by Crippen LogP contribution is -2.53. The Morgan fingerprint density at radius 3 is 2.48 bits per heavy atom. The van der Waals surface area contributed by atoms with E-state index in [4.69, 9.17) is 0 Å². The second-order valence-electron chi connectivity index (χ2n) is 10.3. The summed E-state index contributed by atoms with van der Waals surface area (Å²) in [5.41, 5.74) is 1.66.